The largest absolute Gasteiger partial charge is 0.472 e. The van der Waals surface area contributed by atoms with Crippen LogP contribution in [0.1, 0.15) is 174 Å². The van der Waals surface area contributed by atoms with E-state index >= 15 is 0 Å². The Bertz CT molecular complexity index is 1150. The Hall–Kier alpha value is -2.55. The number of nitrogens with one attached hydrogen (secondary N) is 1. The number of aliphatic hydroxyl groups is 1. The molecular formula is C46H80NO8P. The van der Waals surface area contributed by atoms with Crippen molar-refractivity contribution in [1.82, 2.24) is 5.32 Å². The zero-order chi connectivity index (χ0) is 41.1. The predicted octanol–water partition coefficient (Wildman–Crippen LogP) is 12.3. The van der Waals surface area contributed by atoms with E-state index in [2.05, 4.69) is 79.9 Å². The van der Waals surface area contributed by atoms with Gasteiger partial charge in [-0.15, -0.1) is 0 Å². The van der Waals surface area contributed by atoms with Crippen LogP contribution in [0.5, 0.6) is 0 Å². The maximum absolute atomic E-state index is 12.1. The second-order valence-corrected chi connectivity index (χ2v) is 15.7. The minimum Gasteiger partial charge on any atom is -0.463 e. The van der Waals surface area contributed by atoms with E-state index in [1.807, 2.05) is 12.2 Å². The third-order valence-electron chi connectivity index (χ3n) is 8.91. The van der Waals surface area contributed by atoms with E-state index in [0.29, 0.717) is 12.8 Å². The minimum atomic E-state index is -4.43. The summed E-state index contributed by atoms with van der Waals surface area (Å²) in [5, 5.41) is 12.7. The van der Waals surface area contributed by atoms with E-state index in [4.69, 9.17) is 13.8 Å². The van der Waals surface area contributed by atoms with Gasteiger partial charge in [0.25, 0.3) is 0 Å². The first-order valence-corrected chi connectivity index (χ1v) is 23.4. The number of amides is 1. The molecule has 322 valence electrons. The summed E-state index contributed by atoms with van der Waals surface area (Å²) in [6.07, 6.45) is 51.3. The Morgan fingerprint density at radius 2 is 1.00 bits per heavy atom. The van der Waals surface area contributed by atoms with Crippen molar-refractivity contribution in [3.63, 3.8) is 0 Å². The van der Waals surface area contributed by atoms with Crippen LogP contribution in [0.3, 0.4) is 0 Å². The van der Waals surface area contributed by atoms with Gasteiger partial charge in [-0.05, 0) is 51.4 Å². The first-order valence-electron chi connectivity index (χ1n) is 21.9. The smallest absolute Gasteiger partial charge is 0.463 e. The number of hydrogen-bond acceptors (Lipinski definition) is 7. The van der Waals surface area contributed by atoms with Gasteiger partial charge in [0.05, 0.1) is 13.2 Å². The summed E-state index contributed by atoms with van der Waals surface area (Å²) in [7, 11) is -4.43. The Morgan fingerprint density at radius 1 is 0.571 bits per heavy atom. The Morgan fingerprint density at radius 3 is 1.46 bits per heavy atom. The van der Waals surface area contributed by atoms with Crippen LogP contribution in [0, 0.1) is 0 Å². The molecule has 10 heteroatoms. The average Bonchev–Trinajstić information content (AvgIpc) is 3.18. The number of phosphoric acid groups is 1. The number of ether oxygens (including phenoxy) is 1. The molecule has 0 aromatic rings. The summed E-state index contributed by atoms with van der Waals surface area (Å²) in [5.74, 6) is -0.604. The van der Waals surface area contributed by atoms with E-state index in [9.17, 15) is 24.2 Å². The van der Waals surface area contributed by atoms with Gasteiger partial charge < -0.3 is 20.1 Å². The van der Waals surface area contributed by atoms with Crippen LogP contribution in [0.15, 0.2) is 72.9 Å². The summed E-state index contributed by atoms with van der Waals surface area (Å²) in [6.45, 7) is 3.35. The monoisotopic (exact) mass is 806 g/mol. The molecule has 0 fully saturated rings. The van der Waals surface area contributed by atoms with Gasteiger partial charge in [0.15, 0.2) is 0 Å². The summed E-state index contributed by atoms with van der Waals surface area (Å²) in [5.41, 5.74) is 0. The number of carbonyl (C=O) groups is 2. The molecule has 0 aliphatic heterocycles. The molecule has 9 nitrogen and oxygen atoms in total. The third-order valence-corrected chi connectivity index (χ3v) is 9.90. The molecule has 0 aromatic carbocycles. The number of hydrogen-bond donors (Lipinski definition) is 3. The van der Waals surface area contributed by atoms with Gasteiger partial charge in [0, 0.05) is 19.4 Å². The molecule has 0 spiro atoms. The molecule has 0 saturated heterocycles. The van der Waals surface area contributed by atoms with Gasteiger partial charge >= 0.3 is 13.8 Å². The topological polar surface area (TPSA) is 131 Å². The summed E-state index contributed by atoms with van der Waals surface area (Å²) >= 11 is 0. The highest BCUT2D eigenvalue weighted by atomic mass is 31.2. The van der Waals surface area contributed by atoms with Crippen LogP contribution >= 0.6 is 7.82 Å². The number of esters is 1. The molecule has 0 rings (SSSR count). The van der Waals surface area contributed by atoms with Crippen molar-refractivity contribution in [2.24, 2.45) is 0 Å². The molecule has 0 aliphatic rings. The summed E-state index contributed by atoms with van der Waals surface area (Å²) in [6, 6.07) is 0. The first-order chi connectivity index (χ1) is 27.3. The van der Waals surface area contributed by atoms with Gasteiger partial charge in [0.2, 0.25) is 5.91 Å². The highest BCUT2D eigenvalue weighted by molar-refractivity contribution is 7.47. The summed E-state index contributed by atoms with van der Waals surface area (Å²) in [4.78, 5) is 33.9. The molecule has 0 saturated carbocycles. The number of carbonyl (C=O) groups excluding carboxylic acids is 2. The molecule has 2 atom stereocenters. The lowest BCUT2D eigenvalue weighted by Crippen LogP contribution is -2.27. The zero-order valence-electron chi connectivity index (χ0n) is 35.3. The lowest BCUT2D eigenvalue weighted by atomic mass is 10.0. The zero-order valence-corrected chi connectivity index (χ0v) is 36.2. The number of phosphoric ester groups is 1. The van der Waals surface area contributed by atoms with Crippen LogP contribution in [0.4, 0.5) is 0 Å². The van der Waals surface area contributed by atoms with Crippen LogP contribution in [-0.2, 0) is 27.9 Å². The highest BCUT2D eigenvalue weighted by Crippen LogP contribution is 2.42. The fraction of sp³-hybridized carbons (Fsp3) is 0.696. The Kier molecular flexibility index (Phi) is 40.2. The van der Waals surface area contributed by atoms with Crippen molar-refractivity contribution < 1.29 is 37.9 Å². The second-order valence-electron chi connectivity index (χ2n) is 14.3. The molecular weight excluding hydrogens is 725 g/mol. The predicted molar refractivity (Wildman–Crippen MR) is 233 cm³/mol. The second kappa shape index (κ2) is 42.1. The van der Waals surface area contributed by atoms with Crippen LogP contribution < -0.4 is 5.32 Å². The van der Waals surface area contributed by atoms with Gasteiger partial charge in [-0.25, -0.2) is 4.57 Å². The maximum Gasteiger partial charge on any atom is 0.472 e. The van der Waals surface area contributed by atoms with Crippen molar-refractivity contribution in [2.45, 2.75) is 180 Å². The van der Waals surface area contributed by atoms with Gasteiger partial charge in [-0.1, -0.05) is 183 Å². The number of rotatable bonds is 40. The van der Waals surface area contributed by atoms with E-state index in [0.717, 1.165) is 57.8 Å². The molecule has 56 heavy (non-hydrogen) atoms. The quantitative estimate of drug-likeness (QED) is 0.0241. The van der Waals surface area contributed by atoms with E-state index in [1.54, 1.807) is 0 Å². The molecule has 0 heterocycles. The fourth-order valence-electron chi connectivity index (χ4n) is 5.64. The van der Waals surface area contributed by atoms with E-state index in [1.165, 1.54) is 83.5 Å². The van der Waals surface area contributed by atoms with Crippen LogP contribution in [-0.4, -0.2) is 54.3 Å². The third kappa shape index (κ3) is 42.6. The first kappa shape index (κ1) is 53.5. The minimum absolute atomic E-state index is 0.0720. The maximum atomic E-state index is 12.1. The molecule has 0 aromatic heterocycles. The van der Waals surface area contributed by atoms with Gasteiger partial charge in [-0.2, -0.15) is 0 Å². The van der Waals surface area contributed by atoms with Crippen molar-refractivity contribution in [2.75, 3.05) is 26.4 Å². The van der Waals surface area contributed by atoms with E-state index in [-0.39, 0.29) is 32.1 Å². The normalized spacial score (nSPS) is 14.0. The molecule has 0 aliphatic carbocycles. The van der Waals surface area contributed by atoms with E-state index < -0.39 is 26.5 Å². The molecule has 0 bridgehead atoms. The highest BCUT2D eigenvalue weighted by Gasteiger charge is 2.23. The standard InChI is InChI=1S/C46H80NO8P/c1-3-5-7-9-11-13-15-17-19-21-22-23-25-27-29-31-33-35-37-39-46(50)53-42-44(48)43-55-56(51,52)54-41-40-47-45(49)38-36-34-32-30-28-26-24-20-18-16-14-12-10-8-6-4-2/h5,7,11,13,17,19,22-23,27,29,33,35,44,48H,3-4,6,8-10,12,14-16,18,20-21,24-26,28,30-32,34,36-43H2,1-2H3,(H,47,49)(H,51,52)/b7-5-,13-11-,19-17-,23-22-,29-27-,35-33-. The Labute approximate surface area is 341 Å². The fourth-order valence-corrected chi connectivity index (χ4v) is 6.40. The van der Waals surface area contributed by atoms with Crippen LogP contribution in [0.25, 0.3) is 0 Å². The number of aliphatic hydroxyl groups excluding tert-OH is 1. The lowest BCUT2D eigenvalue weighted by Gasteiger charge is -2.15. The van der Waals surface area contributed by atoms with Crippen molar-refractivity contribution in [3.8, 4) is 0 Å². The number of allylic oxidation sites excluding steroid dienone is 12. The molecule has 3 N–H and O–H groups in total. The van der Waals surface area contributed by atoms with Gasteiger partial charge in [-0.3, -0.25) is 18.6 Å². The molecule has 0 radical (unpaired) electrons. The van der Waals surface area contributed by atoms with Crippen molar-refractivity contribution in [1.29, 1.82) is 0 Å². The average molecular weight is 806 g/mol. The van der Waals surface area contributed by atoms with Crippen molar-refractivity contribution >= 4 is 19.7 Å². The Balaban J connectivity index is 3.71. The molecule has 1 amide bonds. The summed E-state index contributed by atoms with van der Waals surface area (Å²) < 4.78 is 26.8. The van der Waals surface area contributed by atoms with Crippen molar-refractivity contribution in [3.05, 3.63) is 72.9 Å². The van der Waals surface area contributed by atoms with Crippen LogP contribution in [0.2, 0.25) is 0 Å². The SMILES string of the molecule is CC/C=C\C/C=C\C/C=C\C/C=C\C/C=C\C/C=C\CCC(=O)OCC(O)COP(=O)(O)OCCNC(=O)CCCCCCCCCCCCCCCCCC. The van der Waals surface area contributed by atoms with Gasteiger partial charge in [0.1, 0.15) is 12.7 Å². The number of unbranched alkanes of at least 4 members (excludes halogenated alkanes) is 15. The molecule has 2 unspecified atom stereocenters. The lowest BCUT2D eigenvalue weighted by molar-refractivity contribution is -0.147.